The van der Waals surface area contributed by atoms with Crippen LogP contribution in [0.3, 0.4) is 0 Å². The molecule has 1 atom stereocenters. The number of hydrogen-bond donors (Lipinski definition) is 2. The largest absolute Gasteiger partial charge is 0.368 e. The summed E-state index contributed by atoms with van der Waals surface area (Å²) >= 11 is 0. The molecule has 0 saturated carbocycles. The standard InChI is InChI=1S/C24H24N6O/c1-16-4-3-5-18(10-16)29-23(31)21-14-27-13-20(17-6-8-28-19(11-17)12-25)22(21)30-9-7-24(2,26)15-30/h3-6,8,10-11,13-14H,7,9,15,26H2,1-2H3,(H,29,31)/t24-/m0/s1. The van der Waals surface area contributed by atoms with Crippen molar-refractivity contribution in [2.75, 3.05) is 23.3 Å². The smallest absolute Gasteiger partial charge is 0.259 e. The molecule has 3 aromatic rings. The third-order valence-corrected chi connectivity index (χ3v) is 5.44. The van der Waals surface area contributed by atoms with E-state index in [-0.39, 0.29) is 11.4 Å². The van der Waals surface area contributed by atoms with E-state index in [9.17, 15) is 10.1 Å². The fraction of sp³-hybridized carbons (Fsp3) is 0.250. The molecule has 0 radical (unpaired) electrons. The van der Waals surface area contributed by atoms with Crippen LogP contribution >= 0.6 is 0 Å². The first-order valence-corrected chi connectivity index (χ1v) is 10.1. The highest BCUT2D eigenvalue weighted by molar-refractivity contribution is 6.10. The van der Waals surface area contributed by atoms with Gasteiger partial charge >= 0.3 is 0 Å². The van der Waals surface area contributed by atoms with Crippen LogP contribution in [0.5, 0.6) is 0 Å². The molecule has 1 fully saturated rings. The molecule has 4 rings (SSSR count). The lowest BCUT2D eigenvalue weighted by molar-refractivity contribution is 0.102. The van der Waals surface area contributed by atoms with Crippen LogP contribution in [0.1, 0.15) is 35.0 Å². The number of aromatic nitrogens is 2. The van der Waals surface area contributed by atoms with E-state index in [1.807, 2.05) is 44.2 Å². The Bertz CT molecular complexity index is 1180. The predicted molar refractivity (Wildman–Crippen MR) is 121 cm³/mol. The predicted octanol–water partition coefficient (Wildman–Crippen LogP) is 3.50. The minimum atomic E-state index is -0.346. The first-order chi connectivity index (χ1) is 14.9. The maximum absolute atomic E-state index is 13.3. The molecule has 0 aliphatic carbocycles. The zero-order valence-electron chi connectivity index (χ0n) is 17.6. The van der Waals surface area contributed by atoms with Gasteiger partial charge in [0.2, 0.25) is 0 Å². The van der Waals surface area contributed by atoms with E-state index < -0.39 is 0 Å². The molecule has 156 valence electrons. The second-order valence-electron chi connectivity index (χ2n) is 8.27. The summed E-state index contributed by atoms with van der Waals surface area (Å²) in [7, 11) is 0. The Balaban J connectivity index is 1.81. The van der Waals surface area contributed by atoms with E-state index in [0.717, 1.165) is 41.0 Å². The Morgan fingerprint density at radius 1 is 1.29 bits per heavy atom. The minimum Gasteiger partial charge on any atom is -0.368 e. The van der Waals surface area contributed by atoms with Crippen molar-refractivity contribution < 1.29 is 4.79 Å². The van der Waals surface area contributed by atoms with Gasteiger partial charge in [-0.25, -0.2) is 4.98 Å². The number of nitriles is 1. The Morgan fingerprint density at radius 2 is 2.13 bits per heavy atom. The number of hydrogen-bond acceptors (Lipinski definition) is 6. The van der Waals surface area contributed by atoms with Crippen LogP contribution in [0.4, 0.5) is 11.4 Å². The summed E-state index contributed by atoms with van der Waals surface area (Å²) in [5.74, 6) is -0.241. The van der Waals surface area contributed by atoms with E-state index >= 15 is 0 Å². The topological polar surface area (TPSA) is 108 Å². The van der Waals surface area contributed by atoms with Crippen molar-refractivity contribution in [3.8, 4) is 17.2 Å². The van der Waals surface area contributed by atoms with Gasteiger partial charge in [-0.1, -0.05) is 12.1 Å². The molecule has 3 heterocycles. The van der Waals surface area contributed by atoms with Gasteiger partial charge in [0.1, 0.15) is 11.8 Å². The van der Waals surface area contributed by atoms with Crippen LogP contribution in [-0.4, -0.2) is 34.5 Å². The normalized spacial score (nSPS) is 17.9. The lowest BCUT2D eigenvalue weighted by atomic mass is 10.0. The fourth-order valence-corrected chi connectivity index (χ4v) is 3.93. The van der Waals surface area contributed by atoms with Gasteiger partial charge in [0.05, 0.1) is 11.3 Å². The van der Waals surface area contributed by atoms with Gasteiger partial charge < -0.3 is 16.0 Å². The Hall–Kier alpha value is -3.76. The third-order valence-electron chi connectivity index (χ3n) is 5.44. The minimum absolute atomic E-state index is 0.241. The molecule has 0 spiro atoms. The van der Waals surface area contributed by atoms with E-state index in [0.29, 0.717) is 17.8 Å². The maximum Gasteiger partial charge on any atom is 0.259 e. The van der Waals surface area contributed by atoms with Crippen LogP contribution in [0.15, 0.2) is 55.0 Å². The number of nitrogens with two attached hydrogens (primary N) is 1. The highest BCUT2D eigenvalue weighted by Gasteiger charge is 2.33. The van der Waals surface area contributed by atoms with Gasteiger partial charge in [-0.3, -0.25) is 9.78 Å². The number of nitrogens with one attached hydrogen (secondary N) is 1. The molecule has 1 aromatic carbocycles. The summed E-state index contributed by atoms with van der Waals surface area (Å²) in [4.78, 5) is 23.8. The van der Waals surface area contributed by atoms with Crippen LogP contribution in [0, 0.1) is 18.3 Å². The average molecular weight is 412 g/mol. The number of aryl methyl sites for hydroxylation is 1. The maximum atomic E-state index is 13.3. The second kappa shape index (κ2) is 8.17. The molecule has 31 heavy (non-hydrogen) atoms. The van der Waals surface area contributed by atoms with Crippen LogP contribution in [-0.2, 0) is 0 Å². The van der Waals surface area contributed by atoms with Crippen molar-refractivity contribution in [1.29, 1.82) is 5.26 Å². The number of rotatable bonds is 4. The number of carbonyl (C=O) groups excluding carboxylic acids is 1. The zero-order valence-corrected chi connectivity index (χ0v) is 17.6. The zero-order chi connectivity index (χ0) is 22.0. The van der Waals surface area contributed by atoms with E-state index in [2.05, 4.69) is 26.3 Å². The number of benzene rings is 1. The van der Waals surface area contributed by atoms with Crippen molar-refractivity contribution in [2.45, 2.75) is 25.8 Å². The third kappa shape index (κ3) is 4.39. The van der Waals surface area contributed by atoms with Crippen molar-refractivity contribution in [1.82, 2.24) is 9.97 Å². The second-order valence-corrected chi connectivity index (χ2v) is 8.27. The molecule has 2 aromatic heterocycles. The highest BCUT2D eigenvalue weighted by Crippen LogP contribution is 2.37. The van der Waals surface area contributed by atoms with E-state index in [1.165, 1.54) is 0 Å². The monoisotopic (exact) mass is 412 g/mol. The van der Waals surface area contributed by atoms with Gasteiger partial charge in [-0.05, 0) is 55.7 Å². The van der Waals surface area contributed by atoms with E-state index in [4.69, 9.17) is 5.73 Å². The lowest BCUT2D eigenvalue weighted by Gasteiger charge is -2.26. The molecular weight excluding hydrogens is 388 g/mol. The SMILES string of the molecule is Cc1cccc(NC(=O)c2cncc(-c3ccnc(C#N)c3)c2N2CC[C@](C)(N)C2)c1. The summed E-state index contributed by atoms with van der Waals surface area (Å²) in [6, 6.07) is 13.3. The quantitative estimate of drug-likeness (QED) is 0.679. The number of anilines is 2. The van der Waals surface area contributed by atoms with Gasteiger partial charge in [0.25, 0.3) is 5.91 Å². The molecule has 1 aliphatic heterocycles. The molecule has 0 bridgehead atoms. The highest BCUT2D eigenvalue weighted by atomic mass is 16.1. The van der Waals surface area contributed by atoms with Gasteiger partial charge in [-0.15, -0.1) is 0 Å². The van der Waals surface area contributed by atoms with Gasteiger partial charge in [0, 0.05) is 48.5 Å². The number of nitrogens with zero attached hydrogens (tertiary/aromatic N) is 4. The molecular formula is C24H24N6O. The Kier molecular flexibility index (Phi) is 5.40. The molecule has 1 aliphatic rings. The summed E-state index contributed by atoms with van der Waals surface area (Å²) in [6.07, 6.45) is 5.71. The first-order valence-electron chi connectivity index (χ1n) is 10.1. The first kappa shape index (κ1) is 20.5. The Morgan fingerprint density at radius 3 is 2.84 bits per heavy atom. The number of amides is 1. The summed E-state index contributed by atoms with van der Waals surface area (Å²) in [5.41, 5.74) is 10.9. The summed E-state index contributed by atoms with van der Waals surface area (Å²) in [5, 5.41) is 12.3. The molecule has 1 saturated heterocycles. The molecule has 7 heteroatoms. The lowest BCUT2D eigenvalue weighted by Crippen LogP contribution is -2.39. The fourth-order valence-electron chi connectivity index (χ4n) is 3.93. The summed E-state index contributed by atoms with van der Waals surface area (Å²) < 4.78 is 0. The van der Waals surface area contributed by atoms with Crippen LogP contribution in [0.2, 0.25) is 0 Å². The number of carbonyl (C=O) groups is 1. The molecule has 1 amide bonds. The van der Waals surface area contributed by atoms with Gasteiger partial charge in [-0.2, -0.15) is 5.26 Å². The van der Waals surface area contributed by atoms with Crippen molar-refractivity contribution in [3.05, 3.63) is 71.8 Å². The summed E-state index contributed by atoms with van der Waals surface area (Å²) in [6.45, 7) is 5.34. The Labute approximate surface area is 181 Å². The average Bonchev–Trinajstić information content (AvgIpc) is 3.12. The molecule has 0 unspecified atom stereocenters. The molecule has 3 N–H and O–H groups in total. The van der Waals surface area contributed by atoms with Gasteiger partial charge in [0.15, 0.2) is 0 Å². The van der Waals surface area contributed by atoms with Crippen molar-refractivity contribution in [2.24, 2.45) is 5.73 Å². The van der Waals surface area contributed by atoms with Crippen molar-refractivity contribution >= 4 is 17.3 Å². The van der Waals surface area contributed by atoms with Crippen LogP contribution in [0.25, 0.3) is 11.1 Å². The van der Waals surface area contributed by atoms with Crippen LogP contribution < -0.4 is 16.0 Å². The molecule has 7 nitrogen and oxygen atoms in total. The van der Waals surface area contributed by atoms with Crippen molar-refractivity contribution in [3.63, 3.8) is 0 Å². The number of pyridine rings is 2. The van der Waals surface area contributed by atoms with E-state index in [1.54, 1.807) is 24.7 Å².